The van der Waals surface area contributed by atoms with Gasteiger partial charge in [0.05, 0.1) is 12.5 Å². The molecule has 2 aromatic rings. The normalized spacial score (nSPS) is 12.1. The molecule has 1 aromatic heterocycles. The van der Waals surface area contributed by atoms with E-state index in [0.717, 1.165) is 11.3 Å². The smallest absolute Gasteiger partial charge is 0.226 e. The van der Waals surface area contributed by atoms with E-state index in [1.54, 1.807) is 6.20 Å². The predicted octanol–water partition coefficient (Wildman–Crippen LogP) is 1.28. The number of hydrogen-bond acceptors (Lipinski definition) is 2. The summed E-state index contributed by atoms with van der Waals surface area (Å²) in [6.45, 7) is 0.272. The molecule has 0 fully saturated rings. The molecule has 4 nitrogen and oxygen atoms in total. The van der Waals surface area contributed by atoms with Gasteiger partial charge in [0, 0.05) is 24.9 Å². The van der Waals surface area contributed by atoms with Gasteiger partial charge >= 0.3 is 0 Å². The minimum absolute atomic E-state index is 0.0884. The van der Waals surface area contributed by atoms with Crippen molar-refractivity contribution in [2.24, 2.45) is 0 Å². The van der Waals surface area contributed by atoms with Gasteiger partial charge in [-0.2, -0.15) is 0 Å². The lowest BCUT2D eigenvalue weighted by Crippen LogP contribution is -2.34. The Morgan fingerprint density at radius 3 is 2.68 bits per heavy atom. The summed E-state index contributed by atoms with van der Waals surface area (Å²) >= 11 is 0. The fourth-order valence-electron chi connectivity index (χ4n) is 1.90. The molecule has 1 amide bonds. The minimum atomic E-state index is -0.560. The molecule has 0 aliphatic heterocycles. The summed E-state index contributed by atoms with van der Waals surface area (Å²) in [4.78, 5) is 14.6. The van der Waals surface area contributed by atoms with Crippen LogP contribution in [0.4, 0.5) is 0 Å². The lowest BCUT2D eigenvalue weighted by Gasteiger charge is -2.11. The van der Waals surface area contributed by atoms with E-state index in [2.05, 4.69) is 10.3 Å². The van der Waals surface area contributed by atoms with Crippen LogP contribution in [0, 0.1) is 0 Å². The lowest BCUT2D eigenvalue weighted by atomic mass is 10.1. The third kappa shape index (κ3) is 4.60. The molecule has 3 N–H and O–H groups in total. The van der Waals surface area contributed by atoms with Crippen molar-refractivity contribution in [3.63, 3.8) is 0 Å². The van der Waals surface area contributed by atoms with Crippen molar-refractivity contribution in [2.75, 3.05) is 6.54 Å². The van der Waals surface area contributed by atoms with Crippen LogP contribution in [-0.2, 0) is 17.6 Å². The number of rotatable bonds is 6. The molecule has 1 heterocycles. The first-order valence-corrected chi connectivity index (χ1v) is 6.35. The van der Waals surface area contributed by atoms with Crippen molar-refractivity contribution < 1.29 is 9.90 Å². The summed E-state index contributed by atoms with van der Waals surface area (Å²) in [7, 11) is 0. The second-order valence-electron chi connectivity index (χ2n) is 4.52. The van der Waals surface area contributed by atoms with E-state index in [1.807, 2.05) is 42.5 Å². The zero-order valence-electron chi connectivity index (χ0n) is 10.7. The molecule has 0 bridgehead atoms. The number of carbonyl (C=O) groups is 1. The van der Waals surface area contributed by atoms with E-state index in [4.69, 9.17) is 0 Å². The minimum Gasteiger partial charge on any atom is -0.391 e. The highest BCUT2D eigenvalue weighted by molar-refractivity contribution is 5.78. The van der Waals surface area contributed by atoms with Gasteiger partial charge in [0.1, 0.15) is 0 Å². The summed E-state index contributed by atoms with van der Waals surface area (Å²) in [5, 5.41) is 12.6. The Bertz CT molecular complexity index is 494. The topological polar surface area (TPSA) is 65.1 Å². The van der Waals surface area contributed by atoms with Crippen LogP contribution < -0.4 is 5.32 Å². The van der Waals surface area contributed by atoms with Gasteiger partial charge in [-0.05, 0) is 17.7 Å². The Labute approximate surface area is 112 Å². The van der Waals surface area contributed by atoms with E-state index in [1.165, 1.54) is 0 Å². The van der Waals surface area contributed by atoms with Crippen LogP contribution in [-0.4, -0.2) is 28.6 Å². The number of amides is 1. The average Bonchev–Trinajstić information content (AvgIpc) is 2.90. The van der Waals surface area contributed by atoms with E-state index >= 15 is 0 Å². The highest BCUT2D eigenvalue weighted by atomic mass is 16.3. The molecule has 19 heavy (non-hydrogen) atoms. The molecule has 2 rings (SSSR count). The Morgan fingerprint density at radius 2 is 2.00 bits per heavy atom. The van der Waals surface area contributed by atoms with Crippen LogP contribution in [0.5, 0.6) is 0 Å². The molecule has 1 unspecified atom stereocenters. The quantitative estimate of drug-likeness (QED) is 0.730. The Morgan fingerprint density at radius 1 is 1.21 bits per heavy atom. The van der Waals surface area contributed by atoms with Crippen molar-refractivity contribution in [2.45, 2.75) is 18.9 Å². The maximum atomic E-state index is 11.6. The first-order chi connectivity index (χ1) is 9.24. The number of benzene rings is 1. The largest absolute Gasteiger partial charge is 0.391 e. The zero-order chi connectivity index (χ0) is 13.5. The maximum absolute atomic E-state index is 11.6. The van der Waals surface area contributed by atoms with Gasteiger partial charge in [-0.15, -0.1) is 0 Å². The number of aliphatic hydroxyl groups excluding tert-OH is 1. The molecule has 100 valence electrons. The van der Waals surface area contributed by atoms with E-state index in [-0.39, 0.29) is 12.5 Å². The highest BCUT2D eigenvalue weighted by Gasteiger charge is 2.08. The molecule has 0 aliphatic rings. The fourth-order valence-corrected chi connectivity index (χ4v) is 1.90. The van der Waals surface area contributed by atoms with Crippen LogP contribution in [0.15, 0.2) is 48.7 Å². The van der Waals surface area contributed by atoms with Gasteiger partial charge in [-0.25, -0.2) is 0 Å². The number of nitrogens with one attached hydrogen (secondary N) is 2. The predicted molar refractivity (Wildman–Crippen MR) is 73.7 cm³/mol. The van der Waals surface area contributed by atoms with Gasteiger partial charge in [-0.1, -0.05) is 30.3 Å². The number of aliphatic hydroxyl groups is 1. The molecule has 0 aliphatic carbocycles. The summed E-state index contributed by atoms with van der Waals surface area (Å²) in [6.07, 6.45) is 2.08. The van der Waals surface area contributed by atoms with Crippen LogP contribution in [0.2, 0.25) is 0 Å². The van der Waals surface area contributed by atoms with Crippen molar-refractivity contribution in [3.8, 4) is 0 Å². The van der Waals surface area contributed by atoms with Gasteiger partial charge in [0.2, 0.25) is 5.91 Å². The van der Waals surface area contributed by atoms with Gasteiger partial charge in [0.25, 0.3) is 0 Å². The number of hydrogen-bond donors (Lipinski definition) is 3. The summed E-state index contributed by atoms with van der Waals surface area (Å²) in [6, 6.07) is 13.5. The van der Waals surface area contributed by atoms with Crippen LogP contribution in [0.3, 0.4) is 0 Å². The molecule has 0 radical (unpaired) electrons. The van der Waals surface area contributed by atoms with Crippen LogP contribution >= 0.6 is 0 Å². The van der Waals surface area contributed by atoms with Gasteiger partial charge in [-0.3, -0.25) is 4.79 Å². The highest BCUT2D eigenvalue weighted by Crippen LogP contribution is 2.02. The lowest BCUT2D eigenvalue weighted by molar-refractivity contribution is -0.120. The number of H-pyrrole nitrogens is 1. The van der Waals surface area contributed by atoms with Crippen molar-refractivity contribution in [1.82, 2.24) is 10.3 Å². The van der Waals surface area contributed by atoms with Gasteiger partial charge < -0.3 is 15.4 Å². The second-order valence-corrected chi connectivity index (χ2v) is 4.52. The summed E-state index contributed by atoms with van der Waals surface area (Å²) < 4.78 is 0. The number of aromatic amines is 1. The molecular formula is C15H18N2O2. The molecule has 1 atom stereocenters. The van der Waals surface area contributed by atoms with E-state index in [9.17, 15) is 9.90 Å². The molecule has 1 aromatic carbocycles. The monoisotopic (exact) mass is 258 g/mol. The molecule has 0 spiro atoms. The first kappa shape index (κ1) is 13.4. The first-order valence-electron chi connectivity index (χ1n) is 6.35. The van der Waals surface area contributed by atoms with Gasteiger partial charge in [0.15, 0.2) is 0 Å². The third-order valence-corrected chi connectivity index (χ3v) is 2.86. The zero-order valence-corrected chi connectivity index (χ0v) is 10.7. The number of aromatic nitrogens is 1. The summed E-state index contributed by atoms with van der Waals surface area (Å²) in [5.74, 6) is -0.0884. The van der Waals surface area contributed by atoms with Crippen molar-refractivity contribution in [1.29, 1.82) is 0 Å². The van der Waals surface area contributed by atoms with E-state index in [0.29, 0.717) is 12.8 Å². The Hall–Kier alpha value is -2.07. The van der Waals surface area contributed by atoms with Crippen molar-refractivity contribution >= 4 is 5.91 Å². The fraction of sp³-hybridized carbons (Fsp3) is 0.267. The standard InChI is InChI=1S/C15H18N2O2/c18-14(9-12-5-2-1-3-6-12)11-17-15(19)10-13-7-4-8-16-13/h1-8,14,16,18H,9-11H2,(H,17,19). The average molecular weight is 258 g/mol. The molecule has 0 saturated carbocycles. The Kier molecular flexibility index (Phi) is 4.75. The molecule has 0 saturated heterocycles. The van der Waals surface area contributed by atoms with Crippen LogP contribution in [0.1, 0.15) is 11.3 Å². The summed E-state index contributed by atoms with van der Waals surface area (Å²) in [5.41, 5.74) is 1.93. The van der Waals surface area contributed by atoms with Crippen LogP contribution in [0.25, 0.3) is 0 Å². The molecular weight excluding hydrogens is 240 g/mol. The maximum Gasteiger partial charge on any atom is 0.226 e. The Balaban J connectivity index is 1.71. The van der Waals surface area contributed by atoms with Crippen molar-refractivity contribution in [3.05, 3.63) is 59.9 Å². The SMILES string of the molecule is O=C(Cc1ccc[nH]1)NCC(O)Cc1ccccc1. The van der Waals surface area contributed by atoms with E-state index < -0.39 is 6.10 Å². The molecule has 4 heteroatoms. The second kappa shape index (κ2) is 6.75. The number of carbonyl (C=O) groups excluding carboxylic acids is 1. The third-order valence-electron chi connectivity index (χ3n) is 2.86.